The molecule has 1 aromatic rings. The summed E-state index contributed by atoms with van der Waals surface area (Å²) in [5.74, 6) is 0.326. The van der Waals surface area contributed by atoms with E-state index in [1.165, 1.54) is 7.11 Å². The molecule has 1 N–H and O–H groups in total. The van der Waals surface area contributed by atoms with Gasteiger partial charge in [0.25, 0.3) is 0 Å². The van der Waals surface area contributed by atoms with Crippen molar-refractivity contribution < 1.29 is 19.4 Å². The Labute approximate surface area is 131 Å². The van der Waals surface area contributed by atoms with E-state index in [-0.39, 0.29) is 12.6 Å². The van der Waals surface area contributed by atoms with Crippen molar-refractivity contribution in [1.29, 1.82) is 0 Å². The summed E-state index contributed by atoms with van der Waals surface area (Å²) in [6, 6.07) is 7.03. The lowest BCUT2D eigenvalue weighted by atomic mass is 10.2. The van der Waals surface area contributed by atoms with Crippen molar-refractivity contribution in [2.24, 2.45) is 0 Å². The third-order valence-electron chi connectivity index (χ3n) is 3.81. The Morgan fingerprint density at radius 3 is 2.50 bits per heavy atom. The molecule has 1 heterocycles. The van der Waals surface area contributed by atoms with Crippen LogP contribution in [0.2, 0.25) is 0 Å². The van der Waals surface area contributed by atoms with Crippen LogP contribution in [0.4, 0.5) is 0 Å². The number of piperazine rings is 1. The van der Waals surface area contributed by atoms with E-state index in [9.17, 15) is 4.79 Å². The number of carbonyl (C=O) groups excluding carboxylic acids is 1. The quantitative estimate of drug-likeness (QED) is 0.739. The molecule has 6 nitrogen and oxygen atoms in total. The SMILES string of the molecule is COC(=O)c1cccc(OCCN2CCN(CCO)CC2)c1. The van der Waals surface area contributed by atoms with Crippen LogP contribution in [0.25, 0.3) is 0 Å². The van der Waals surface area contributed by atoms with Gasteiger partial charge in [0.1, 0.15) is 12.4 Å². The van der Waals surface area contributed by atoms with Gasteiger partial charge in [-0.1, -0.05) is 6.07 Å². The molecule has 2 rings (SSSR count). The first-order valence-electron chi connectivity index (χ1n) is 7.59. The number of aliphatic hydroxyl groups excluding tert-OH is 1. The predicted molar refractivity (Wildman–Crippen MR) is 83.2 cm³/mol. The Morgan fingerprint density at radius 1 is 1.18 bits per heavy atom. The molecule has 1 aromatic carbocycles. The number of nitrogens with zero attached hydrogens (tertiary/aromatic N) is 2. The van der Waals surface area contributed by atoms with Gasteiger partial charge in [-0.05, 0) is 18.2 Å². The molecular weight excluding hydrogens is 284 g/mol. The summed E-state index contributed by atoms with van der Waals surface area (Å²) >= 11 is 0. The maximum Gasteiger partial charge on any atom is 0.337 e. The lowest BCUT2D eigenvalue weighted by Crippen LogP contribution is -2.48. The largest absolute Gasteiger partial charge is 0.492 e. The topological polar surface area (TPSA) is 62.2 Å². The van der Waals surface area contributed by atoms with Crippen LogP contribution in [0.5, 0.6) is 5.75 Å². The van der Waals surface area contributed by atoms with Crippen LogP contribution in [0.1, 0.15) is 10.4 Å². The van der Waals surface area contributed by atoms with Crippen LogP contribution in [-0.4, -0.2) is 80.5 Å². The predicted octanol–water partition coefficient (Wildman–Crippen LogP) is 0.462. The van der Waals surface area contributed by atoms with Crippen LogP contribution in [0.15, 0.2) is 24.3 Å². The fourth-order valence-corrected chi connectivity index (χ4v) is 2.50. The summed E-state index contributed by atoms with van der Waals surface area (Å²) in [5.41, 5.74) is 0.498. The molecule has 0 bridgehead atoms. The summed E-state index contributed by atoms with van der Waals surface area (Å²) in [5, 5.41) is 8.92. The second-order valence-electron chi connectivity index (χ2n) is 5.27. The molecule has 1 aliphatic heterocycles. The number of β-amino-alcohol motifs (C(OH)–C–C–N with tert-alkyl or cyclic N) is 1. The minimum Gasteiger partial charge on any atom is -0.492 e. The van der Waals surface area contributed by atoms with Gasteiger partial charge < -0.3 is 14.6 Å². The van der Waals surface area contributed by atoms with Gasteiger partial charge in [0.05, 0.1) is 19.3 Å². The van der Waals surface area contributed by atoms with Crippen LogP contribution >= 0.6 is 0 Å². The lowest BCUT2D eigenvalue weighted by molar-refractivity contribution is 0.0600. The summed E-state index contributed by atoms with van der Waals surface area (Å²) in [7, 11) is 1.37. The Balaban J connectivity index is 1.72. The van der Waals surface area contributed by atoms with Gasteiger partial charge in [0.2, 0.25) is 0 Å². The van der Waals surface area contributed by atoms with Gasteiger partial charge in [-0.2, -0.15) is 0 Å². The number of aliphatic hydroxyl groups is 1. The van der Waals surface area contributed by atoms with Crippen molar-refractivity contribution in [2.45, 2.75) is 0 Å². The van der Waals surface area contributed by atoms with Crippen molar-refractivity contribution in [2.75, 3.05) is 59.6 Å². The molecule has 6 heteroatoms. The van der Waals surface area contributed by atoms with Crippen LogP contribution in [0, 0.1) is 0 Å². The average molecular weight is 308 g/mol. The molecule has 122 valence electrons. The van der Waals surface area contributed by atoms with Gasteiger partial charge in [0.15, 0.2) is 0 Å². The second kappa shape index (κ2) is 8.73. The molecule has 0 spiro atoms. The first-order valence-corrected chi connectivity index (χ1v) is 7.59. The summed E-state index contributed by atoms with van der Waals surface area (Å²) in [6.07, 6.45) is 0. The second-order valence-corrected chi connectivity index (χ2v) is 5.27. The van der Waals surface area contributed by atoms with Crippen LogP contribution < -0.4 is 4.74 Å². The number of benzene rings is 1. The summed E-state index contributed by atoms with van der Waals surface area (Å²) in [6.45, 7) is 6.37. The van der Waals surface area contributed by atoms with Crippen molar-refractivity contribution in [1.82, 2.24) is 9.80 Å². The van der Waals surface area contributed by atoms with Crippen LogP contribution in [-0.2, 0) is 4.74 Å². The fraction of sp³-hybridized carbons (Fsp3) is 0.562. The van der Waals surface area contributed by atoms with Gasteiger partial charge in [-0.25, -0.2) is 4.79 Å². The van der Waals surface area contributed by atoms with Crippen molar-refractivity contribution >= 4 is 5.97 Å². The van der Waals surface area contributed by atoms with Crippen molar-refractivity contribution in [3.63, 3.8) is 0 Å². The number of esters is 1. The van der Waals surface area contributed by atoms with Gasteiger partial charge in [-0.15, -0.1) is 0 Å². The maximum absolute atomic E-state index is 11.5. The molecule has 0 amide bonds. The van der Waals surface area contributed by atoms with E-state index in [4.69, 9.17) is 14.6 Å². The number of hydrogen-bond donors (Lipinski definition) is 1. The number of ether oxygens (including phenoxy) is 2. The monoisotopic (exact) mass is 308 g/mol. The fourth-order valence-electron chi connectivity index (χ4n) is 2.50. The summed E-state index contributed by atoms with van der Waals surface area (Å²) in [4.78, 5) is 16.1. The van der Waals surface area contributed by atoms with E-state index in [1.54, 1.807) is 18.2 Å². The molecule has 1 fully saturated rings. The Bertz CT molecular complexity index is 473. The number of carbonyl (C=O) groups is 1. The average Bonchev–Trinajstić information content (AvgIpc) is 2.56. The van der Waals surface area contributed by atoms with E-state index in [1.807, 2.05) is 6.07 Å². The first kappa shape index (κ1) is 16.7. The lowest BCUT2D eigenvalue weighted by Gasteiger charge is -2.34. The third kappa shape index (κ3) is 4.98. The van der Waals surface area contributed by atoms with E-state index in [0.717, 1.165) is 39.3 Å². The Hall–Kier alpha value is -1.63. The zero-order valence-corrected chi connectivity index (χ0v) is 13.0. The highest BCUT2D eigenvalue weighted by molar-refractivity contribution is 5.89. The number of methoxy groups -OCH3 is 1. The summed E-state index contributed by atoms with van der Waals surface area (Å²) < 4.78 is 10.4. The molecule has 0 aromatic heterocycles. The third-order valence-corrected chi connectivity index (χ3v) is 3.81. The minimum absolute atomic E-state index is 0.222. The van der Waals surface area contributed by atoms with Crippen molar-refractivity contribution in [3.05, 3.63) is 29.8 Å². The normalized spacial score (nSPS) is 16.5. The highest BCUT2D eigenvalue weighted by Crippen LogP contribution is 2.14. The molecule has 0 aliphatic carbocycles. The van der Waals surface area contributed by atoms with Gasteiger partial charge in [0, 0.05) is 39.3 Å². The molecule has 1 aliphatic rings. The minimum atomic E-state index is -0.356. The van der Waals surface area contributed by atoms with E-state index in [2.05, 4.69) is 9.80 Å². The smallest absolute Gasteiger partial charge is 0.337 e. The van der Waals surface area contributed by atoms with E-state index in [0.29, 0.717) is 17.9 Å². The van der Waals surface area contributed by atoms with E-state index < -0.39 is 0 Å². The highest BCUT2D eigenvalue weighted by atomic mass is 16.5. The number of hydrogen-bond acceptors (Lipinski definition) is 6. The first-order chi connectivity index (χ1) is 10.7. The van der Waals surface area contributed by atoms with Gasteiger partial charge >= 0.3 is 5.97 Å². The Kier molecular flexibility index (Phi) is 6.64. The molecule has 0 atom stereocenters. The van der Waals surface area contributed by atoms with Crippen LogP contribution in [0.3, 0.4) is 0 Å². The Morgan fingerprint density at radius 2 is 1.86 bits per heavy atom. The molecule has 22 heavy (non-hydrogen) atoms. The standard InChI is InChI=1S/C16H24N2O4/c1-21-16(20)14-3-2-4-15(13-14)22-12-10-18-7-5-17(6-8-18)9-11-19/h2-4,13,19H,5-12H2,1H3. The highest BCUT2D eigenvalue weighted by Gasteiger charge is 2.16. The maximum atomic E-state index is 11.5. The van der Waals surface area contributed by atoms with Gasteiger partial charge in [-0.3, -0.25) is 9.80 Å². The molecule has 1 saturated heterocycles. The molecular formula is C16H24N2O4. The van der Waals surface area contributed by atoms with Crippen molar-refractivity contribution in [3.8, 4) is 5.75 Å². The molecule has 0 saturated carbocycles. The number of rotatable bonds is 7. The molecule has 0 unspecified atom stereocenters. The van der Waals surface area contributed by atoms with E-state index >= 15 is 0 Å². The zero-order chi connectivity index (χ0) is 15.8. The zero-order valence-electron chi connectivity index (χ0n) is 13.0. The molecule has 0 radical (unpaired) electrons.